The van der Waals surface area contributed by atoms with E-state index in [-0.39, 0.29) is 5.91 Å². The molecule has 0 aliphatic carbocycles. The summed E-state index contributed by atoms with van der Waals surface area (Å²) < 4.78 is 5.19. The smallest absolute Gasteiger partial charge is 0.258 e. The number of benzene rings is 1. The van der Waals surface area contributed by atoms with Gasteiger partial charge in [0.2, 0.25) is 0 Å². The molecule has 0 atom stereocenters. The van der Waals surface area contributed by atoms with E-state index < -0.39 is 0 Å². The second kappa shape index (κ2) is 7.19. The molecule has 0 spiro atoms. The highest BCUT2D eigenvalue weighted by molar-refractivity contribution is 7.98. The zero-order valence-electron chi connectivity index (χ0n) is 13.6. The molecule has 1 N–H and O–H groups in total. The van der Waals surface area contributed by atoms with Crippen molar-refractivity contribution >= 4 is 34.1 Å². The highest BCUT2D eigenvalue weighted by atomic mass is 32.2. The van der Waals surface area contributed by atoms with E-state index in [4.69, 9.17) is 4.52 Å². The van der Waals surface area contributed by atoms with Gasteiger partial charge in [-0.15, -0.1) is 23.1 Å². The SMILES string of the molecule is Cc1csc(NC(=O)c2ccccc2SCc2c(C)noc2C)n1. The quantitative estimate of drug-likeness (QED) is 0.674. The first kappa shape index (κ1) is 16.7. The summed E-state index contributed by atoms with van der Waals surface area (Å²) in [6, 6.07) is 7.57. The van der Waals surface area contributed by atoms with E-state index in [0.717, 1.165) is 27.6 Å². The summed E-state index contributed by atoms with van der Waals surface area (Å²) in [6.07, 6.45) is 0. The van der Waals surface area contributed by atoms with Gasteiger partial charge in [0.15, 0.2) is 5.13 Å². The molecule has 1 aromatic carbocycles. The van der Waals surface area contributed by atoms with E-state index in [0.29, 0.717) is 16.4 Å². The number of hydrogen-bond acceptors (Lipinski definition) is 6. The molecular formula is C17H17N3O2S2. The second-order valence-corrected chi connectivity index (χ2v) is 7.21. The molecule has 0 unspecified atom stereocenters. The van der Waals surface area contributed by atoms with Crippen molar-refractivity contribution < 1.29 is 9.32 Å². The third-order valence-corrected chi connectivity index (χ3v) is 5.50. The summed E-state index contributed by atoms with van der Waals surface area (Å²) in [5.41, 5.74) is 3.50. The van der Waals surface area contributed by atoms with Crippen molar-refractivity contribution in [3.8, 4) is 0 Å². The minimum Gasteiger partial charge on any atom is -0.361 e. The van der Waals surface area contributed by atoms with Crippen LogP contribution in [0.3, 0.4) is 0 Å². The van der Waals surface area contributed by atoms with Crippen LogP contribution in [0.5, 0.6) is 0 Å². The van der Waals surface area contributed by atoms with Gasteiger partial charge in [0, 0.05) is 21.6 Å². The lowest BCUT2D eigenvalue weighted by Gasteiger charge is -2.08. The average Bonchev–Trinajstić information content (AvgIpc) is 3.11. The Bertz CT molecular complexity index is 851. The standard InChI is InChI=1S/C17H17N3O2S2/c1-10-8-24-17(18-10)19-16(21)13-6-4-5-7-15(13)23-9-14-11(2)20-22-12(14)3/h4-8H,9H2,1-3H3,(H,18,19,21). The van der Waals surface area contributed by atoms with Gasteiger partial charge in [-0.1, -0.05) is 17.3 Å². The number of thioether (sulfide) groups is 1. The fourth-order valence-corrected chi connectivity index (χ4v) is 4.10. The van der Waals surface area contributed by atoms with E-state index >= 15 is 0 Å². The fraction of sp³-hybridized carbons (Fsp3) is 0.235. The minimum absolute atomic E-state index is 0.147. The van der Waals surface area contributed by atoms with Crippen LogP contribution in [0, 0.1) is 20.8 Å². The molecule has 7 heteroatoms. The largest absolute Gasteiger partial charge is 0.361 e. The number of aromatic nitrogens is 2. The van der Waals surface area contributed by atoms with Gasteiger partial charge in [0.05, 0.1) is 17.0 Å². The molecule has 0 radical (unpaired) electrons. The number of rotatable bonds is 5. The topological polar surface area (TPSA) is 68.0 Å². The number of anilines is 1. The molecule has 0 fully saturated rings. The van der Waals surface area contributed by atoms with Crippen molar-refractivity contribution in [1.82, 2.24) is 10.1 Å². The van der Waals surface area contributed by atoms with Crippen molar-refractivity contribution in [1.29, 1.82) is 0 Å². The molecule has 0 saturated carbocycles. The van der Waals surface area contributed by atoms with Gasteiger partial charge in [-0.05, 0) is 32.9 Å². The zero-order chi connectivity index (χ0) is 17.1. The predicted molar refractivity (Wildman–Crippen MR) is 96.8 cm³/mol. The molecule has 3 rings (SSSR count). The molecule has 5 nitrogen and oxygen atoms in total. The highest BCUT2D eigenvalue weighted by Gasteiger charge is 2.15. The van der Waals surface area contributed by atoms with Crippen LogP contribution in [0.1, 0.15) is 33.1 Å². The monoisotopic (exact) mass is 359 g/mol. The lowest BCUT2D eigenvalue weighted by Crippen LogP contribution is -2.12. The van der Waals surface area contributed by atoms with Gasteiger partial charge < -0.3 is 4.52 Å². The summed E-state index contributed by atoms with van der Waals surface area (Å²) in [5.74, 6) is 1.38. The first-order chi connectivity index (χ1) is 11.5. The number of nitrogens with one attached hydrogen (secondary N) is 1. The maximum Gasteiger partial charge on any atom is 0.258 e. The molecule has 3 aromatic rings. The van der Waals surface area contributed by atoms with Crippen LogP contribution in [-0.4, -0.2) is 16.0 Å². The fourth-order valence-electron chi connectivity index (χ4n) is 2.21. The number of aryl methyl sites for hydroxylation is 3. The van der Waals surface area contributed by atoms with Crippen molar-refractivity contribution in [2.45, 2.75) is 31.4 Å². The first-order valence-electron chi connectivity index (χ1n) is 7.41. The predicted octanol–water partition coefficient (Wildman–Crippen LogP) is 4.60. The van der Waals surface area contributed by atoms with Crippen LogP contribution < -0.4 is 5.32 Å². The Morgan fingerprint density at radius 1 is 1.29 bits per heavy atom. The molecule has 0 aliphatic heterocycles. The average molecular weight is 359 g/mol. The summed E-state index contributed by atoms with van der Waals surface area (Å²) in [7, 11) is 0. The molecule has 2 heterocycles. The molecule has 2 aromatic heterocycles. The van der Waals surface area contributed by atoms with Crippen LogP contribution in [-0.2, 0) is 5.75 Å². The minimum atomic E-state index is -0.147. The Morgan fingerprint density at radius 2 is 2.08 bits per heavy atom. The van der Waals surface area contributed by atoms with Gasteiger partial charge in [-0.3, -0.25) is 10.1 Å². The van der Waals surface area contributed by atoms with E-state index in [2.05, 4.69) is 15.5 Å². The Labute approximate surface area is 148 Å². The number of carbonyl (C=O) groups is 1. The van der Waals surface area contributed by atoms with Crippen LogP contribution >= 0.6 is 23.1 Å². The van der Waals surface area contributed by atoms with Crippen molar-refractivity contribution in [2.75, 3.05) is 5.32 Å². The normalized spacial score (nSPS) is 10.8. The van der Waals surface area contributed by atoms with Gasteiger partial charge >= 0.3 is 0 Å². The van der Waals surface area contributed by atoms with E-state index in [1.807, 2.05) is 50.4 Å². The molecular weight excluding hydrogens is 342 g/mol. The van der Waals surface area contributed by atoms with Crippen LogP contribution in [0.15, 0.2) is 39.1 Å². The highest BCUT2D eigenvalue weighted by Crippen LogP contribution is 2.29. The van der Waals surface area contributed by atoms with Gasteiger partial charge in [0.1, 0.15) is 5.76 Å². The van der Waals surface area contributed by atoms with Crippen LogP contribution in [0.2, 0.25) is 0 Å². The van der Waals surface area contributed by atoms with Crippen molar-refractivity contribution in [2.24, 2.45) is 0 Å². The third-order valence-electron chi connectivity index (χ3n) is 3.52. The lowest BCUT2D eigenvalue weighted by molar-refractivity contribution is 0.102. The molecule has 0 bridgehead atoms. The van der Waals surface area contributed by atoms with Crippen LogP contribution in [0.25, 0.3) is 0 Å². The number of thiazole rings is 1. The Morgan fingerprint density at radius 3 is 2.75 bits per heavy atom. The molecule has 0 saturated heterocycles. The summed E-state index contributed by atoms with van der Waals surface area (Å²) in [4.78, 5) is 17.7. The molecule has 124 valence electrons. The van der Waals surface area contributed by atoms with E-state index in [1.165, 1.54) is 11.3 Å². The Hall–Kier alpha value is -2.12. The summed E-state index contributed by atoms with van der Waals surface area (Å²) in [6.45, 7) is 5.73. The van der Waals surface area contributed by atoms with Crippen molar-refractivity contribution in [3.05, 3.63) is 57.9 Å². The summed E-state index contributed by atoms with van der Waals surface area (Å²) in [5, 5.41) is 9.35. The number of hydrogen-bond donors (Lipinski definition) is 1. The Kier molecular flexibility index (Phi) is 5.01. The molecule has 1 amide bonds. The molecule has 0 aliphatic rings. The number of nitrogens with zero attached hydrogens (tertiary/aromatic N) is 2. The van der Waals surface area contributed by atoms with E-state index in [1.54, 1.807) is 11.8 Å². The maximum absolute atomic E-state index is 12.6. The van der Waals surface area contributed by atoms with Crippen LogP contribution in [0.4, 0.5) is 5.13 Å². The first-order valence-corrected chi connectivity index (χ1v) is 9.28. The zero-order valence-corrected chi connectivity index (χ0v) is 15.3. The number of carbonyl (C=O) groups excluding carboxylic acids is 1. The maximum atomic E-state index is 12.6. The Balaban J connectivity index is 1.76. The second-order valence-electron chi connectivity index (χ2n) is 5.34. The summed E-state index contributed by atoms with van der Waals surface area (Å²) >= 11 is 3.02. The third kappa shape index (κ3) is 3.68. The van der Waals surface area contributed by atoms with Gasteiger partial charge in [-0.25, -0.2) is 4.98 Å². The number of amides is 1. The lowest BCUT2D eigenvalue weighted by atomic mass is 10.2. The molecule has 24 heavy (non-hydrogen) atoms. The van der Waals surface area contributed by atoms with Crippen molar-refractivity contribution in [3.63, 3.8) is 0 Å². The van der Waals surface area contributed by atoms with E-state index in [9.17, 15) is 4.79 Å². The van der Waals surface area contributed by atoms with Gasteiger partial charge in [-0.2, -0.15) is 0 Å². The van der Waals surface area contributed by atoms with Gasteiger partial charge in [0.25, 0.3) is 5.91 Å².